The molecule has 6 amide bonds. The number of nitrogens with one attached hydrogen (secondary N) is 5. The average Bonchev–Trinajstić information content (AvgIpc) is 3.15. The number of hydrogen-bond acceptors (Lipinski definition) is 9. The van der Waals surface area contributed by atoms with Gasteiger partial charge in [-0.05, 0) is 59.7 Å². The molecule has 16 N–H and O–H groups in total. The molecule has 3 rings (SSSR count). The summed E-state index contributed by atoms with van der Waals surface area (Å²) >= 11 is 0. The van der Waals surface area contributed by atoms with E-state index in [-0.39, 0.29) is 62.9 Å². The molecule has 57 heavy (non-hydrogen) atoms. The molecule has 306 valence electrons. The van der Waals surface area contributed by atoms with Crippen molar-refractivity contribution in [1.29, 1.82) is 0 Å². The molecular weight excluding hydrogens is 736 g/mol. The Morgan fingerprint density at radius 2 is 1.14 bits per heavy atom. The largest absolute Gasteiger partial charge is 0.508 e. The molecule has 0 fully saturated rings. The Balaban J connectivity index is 1.83. The van der Waals surface area contributed by atoms with Crippen LogP contribution in [0.4, 0.5) is 0 Å². The normalized spacial score (nSPS) is 12.8. The van der Waals surface area contributed by atoms with E-state index in [2.05, 4.69) is 36.6 Å². The Labute approximate surface area is 329 Å². The lowest BCUT2D eigenvalue weighted by Gasteiger charge is -2.25. The van der Waals surface area contributed by atoms with Crippen LogP contribution in [-0.4, -0.2) is 96.3 Å². The highest BCUT2D eigenvalue weighted by molar-refractivity contribution is 5.95. The van der Waals surface area contributed by atoms with E-state index in [4.69, 9.17) is 28.7 Å². The topological polar surface area (TPSA) is 338 Å². The zero-order chi connectivity index (χ0) is 41.9. The van der Waals surface area contributed by atoms with Gasteiger partial charge in [0.15, 0.2) is 11.9 Å². The molecule has 19 heteroatoms. The monoisotopic (exact) mass is 788 g/mol. The van der Waals surface area contributed by atoms with Gasteiger partial charge in [-0.1, -0.05) is 54.6 Å². The number of primary amides is 1. The summed E-state index contributed by atoms with van der Waals surface area (Å²) in [7, 11) is 0. The number of nitrogens with zero attached hydrogens (tertiary/aromatic N) is 2. The third kappa shape index (κ3) is 16.1. The van der Waals surface area contributed by atoms with Crippen molar-refractivity contribution < 1.29 is 33.9 Å². The van der Waals surface area contributed by atoms with Crippen LogP contribution in [0.25, 0.3) is 10.8 Å². The first kappa shape index (κ1) is 44.5. The molecular formula is C38H52N12O7. The van der Waals surface area contributed by atoms with Gasteiger partial charge in [-0.3, -0.25) is 38.8 Å². The second-order valence-electron chi connectivity index (χ2n) is 13.3. The van der Waals surface area contributed by atoms with Gasteiger partial charge in [0.2, 0.25) is 35.4 Å². The van der Waals surface area contributed by atoms with Gasteiger partial charge in [-0.25, -0.2) is 0 Å². The fourth-order valence-electron chi connectivity index (χ4n) is 5.77. The van der Waals surface area contributed by atoms with E-state index in [0.29, 0.717) is 17.5 Å². The van der Waals surface area contributed by atoms with Crippen molar-refractivity contribution in [2.75, 3.05) is 19.6 Å². The van der Waals surface area contributed by atoms with Gasteiger partial charge in [0.05, 0.1) is 6.54 Å². The Bertz CT molecular complexity index is 1930. The van der Waals surface area contributed by atoms with Crippen LogP contribution in [-0.2, 0) is 41.6 Å². The van der Waals surface area contributed by atoms with Gasteiger partial charge < -0.3 is 60.4 Å². The molecule has 19 nitrogen and oxygen atoms in total. The van der Waals surface area contributed by atoms with E-state index in [1.165, 1.54) is 19.1 Å². The third-order valence-electron chi connectivity index (χ3n) is 8.58. The first-order valence-corrected chi connectivity index (χ1v) is 18.2. The first-order chi connectivity index (χ1) is 27.1. The van der Waals surface area contributed by atoms with Crippen LogP contribution < -0.4 is 55.3 Å². The summed E-state index contributed by atoms with van der Waals surface area (Å²) in [5.74, 6) is -4.42. The number of guanidine groups is 2. The van der Waals surface area contributed by atoms with E-state index < -0.39 is 66.2 Å². The molecule has 0 saturated heterocycles. The van der Waals surface area contributed by atoms with E-state index in [9.17, 15) is 33.9 Å². The predicted molar refractivity (Wildman–Crippen MR) is 215 cm³/mol. The van der Waals surface area contributed by atoms with Gasteiger partial charge in [0, 0.05) is 32.9 Å². The van der Waals surface area contributed by atoms with Crippen LogP contribution in [0, 0.1) is 0 Å². The van der Waals surface area contributed by atoms with Crippen LogP contribution in [0.1, 0.15) is 43.7 Å². The number of rotatable bonds is 22. The third-order valence-corrected chi connectivity index (χ3v) is 8.58. The molecule has 0 aliphatic rings. The highest BCUT2D eigenvalue weighted by Crippen LogP contribution is 2.17. The Morgan fingerprint density at radius 3 is 1.70 bits per heavy atom. The number of aromatic hydroxyl groups is 1. The molecule has 0 radical (unpaired) electrons. The summed E-state index contributed by atoms with van der Waals surface area (Å²) in [5.41, 5.74) is 28.5. The minimum atomic E-state index is -1.25. The summed E-state index contributed by atoms with van der Waals surface area (Å²) in [6, 6.07) is 14.5. The first-order valence-electron chi connectivity index (χ1n) is 18.2. The Morgan fingerprint density at radius 1 is 0.614 bits per heavy atom. The molecule has 0 saturated carbocycles. The number of aliphatic imine (C=N–C) groups is 2. The molecule has 0 heterocycles. The highest BCUT2D eigenvalue weighted by atomic mass is 16.3. The van der Waals surface area contributed by atoms with Crippen molar-refractivity contribution in [3.63, 3.8) is 0 Å². The maximum atomic E-state index is 14.0. The standard InChI is InChI=1S/C38H52N12O7/c1-22(51)47-28(8-4-16-44-37(40)41)35(56)49-29(9-5-17-45-38(42)43)36(57)50-31(20-24-10-13-25-6-2-3-7-26(25)18-24)34(55)46-21-32(53)48-30(33(39)54)19-23-11-14-27(52)15-12-23/h2-3,6-7,10-15,18,28-31,52H,4-5,8-9,16-17,19-21H2,1H3,(H2,39,54)(H,46,55)(H,47,51)(H,48,53)(H,49,56)(H,50,57)(H4,40,41,44)(H4,42,43,45)/t28-,29+,30-,31+/m1/s1. The number of benzene rings is 3. The lowest BCUT2D eigenvalue weighted by Crippen LogP contribution is -2.57. The maximum absolute atomic E-state index is 14.0. The summed E-state index contributed by atoms with van der Waals surface area (Å²) in [6.07, 6.45) is 0.783. The summed E-state index contributed by atoms with van der Waals surface area (Å²) < 4.78 is 0. The van der Waals surface area contributed by atoms with Gasteiger partial charge in [0.1, 0.15) is 29.9 Å². The number of carbonyl (C=O) groups excluding carboxylic acids is 6. The second kappa shape index (κ2) is 22.5. The van der Waals surface area contributed by atoms with Crippen molar-refractivity contribution in [2.24, 2.45) is 38.7 Å². The number of nitrogens with two attached hydrogens (primary N) is 5. The lowest BCUT2D eigenvalue weighted by molar-refractivity contribution is -0.134. The van der Waals surface area contributed by atoms with Crippen LogP contribution in [0.2, 0.25) is 0 Å². The van der Waals surface area contributed by atoms with Gasteiger partial charge >= 0.3 is 0 Å². The molecule has 0 bridgehead atoms. The molecule has 0 unspecified atom stereocenters. The van der Waals surface area contributed by atoms with E-state index in [0.717, 1.165) is 10.8 Å². The number of phenolic OH excluding ortho intramolecular Hbond substituents is 1. The zero-order valence-electron chi connectivity index (χ0n) is 31.7. The number of carbonyl (C=O) groups is 6. The number of amides is 6. The fourth-order valence-corrected chi connectivity index (χ4v) is 5.77. The fraction of sp³-hybridized carbons (Fsp3) is 0.368. The number of hydrogen-bond donors (Lipinski definition) is 11. The van der Waals surface area contributed by atoms with Crippen molar-refractivity contribution in [1.82, 2.24) is 26.6 Å². The molecule has 0 spiro atoms. The lowest BCUT2D eigenvalue weighted by atomic mass is 10.0. The SMILES string of the molecule is CC(=O)N[C@H](CCCN=C(N)N)C(=O)N[C@@H](CCCN=C(N)N)C(=O)N[C@@H](Cc1ccc2ccccc2c1)C(=O)NCC(=O)N[C@H](Cc1ccc(O)cc1)C(N)=O. The highest BCUT2D eigenvalue weighted by Gasteiger charge is 2.30. The van der Waals surface area contributed by atoms with Crippen LogP contribution >= 0.6 is 0 Å². The predicted octanol–water partition coefficient (Wildman–Crippen LogP) is -2.00. The summed E-state index contributed by atoms with van der Waals surface area (Å²) in [5, 5.41) is 24.4. The Hall–Kier alpha value is -6.92. The van der Waals surface area contributed by atoms with Gasteiger partial charge in [-0.2, -0.15) is 0 Å². The van der Waals surface area contributed by atoms with Gasteiger partial charge in [0.25, 0.3) is 0 Å². The number of fused-ring (bicyclic) bond motifs is 1. The quantitative estimate of drug-likeness (QED) is 0.0300. The molecule has 0 aromatic heterocycles. The molecule has 0 aliphatic carbocycles. The van der Waals surface area contributed by atoms with E-state index >= 15 is 0 Å². The van der Waals surface area contributed by atoms with Crippen LogP contribution in [0.5, 0.6) is 5.75 Å². The van der Waals surface area contributed by atoms with E-state index in [1.54, 1.807) is 18.2 Å². The van der Waals surface area contributed by atoms with Crippen LogP contribution in [0.3, 0.4) is 0 Å². The van der Waals surface area contributed by atoms with Crippen molar-refractivity contribution >= 4 is 58.1 Å². The minimum absolute atomic E-state index is 0.0111. The Kier molecular flexibility index (Phi) is 17.5. The molecule has 3 aromatic rings. The number of phenols is 1. The minimum Gasteiger partial charge on any atom is -0.508 e. The van der Waals surface area contributed by atoms with Crippen LogP contribution in [0.15, 0.2) is 76.7 Å². The molecule has 3 aromatic carbocycles. The molecule has 4 atom stereocenters. The second-order valence-corrected chi connectivity index (χ2v) is 13.3. The van der Waals surface area contributed by atoms with Gasteiger partial charge in [-0.15, -0.1) is 0 Å². The van der Waals surface area contributed by atoms with Crippen molar-refractivity contribution in [3.05, 3.63) is 77.9 Å². The molecule has 0 aliphatic heterocycles. The van der Waals surface area contributed by atoms with Crippen molar-refractivity contribution in [2.45, 2.75) is 69.6 Å². The van der Waals surface area contributed by atoms with Crippen molar-refractivity contribution in [3.8, 4) is 5.75 Å². The average molecular weight is 789 g/mol. The smallest absolute Gasteiger partial charge is 0.243 e. The summed E-state index contributed by atoms with van der Waals surface area (Å²) in [6.45, 7) is 0.999. The maximum Gasteiger partial charge on any atom is 0.243 e. The summed E-state index contributed by atoms with van der Waals surface area (Å²) in [4.78, 5) is 86.2. The zero-order valence-corrected chi connectivity index (χ0v) is 31.7. The van der Waals surface area contributed by atoms with E-state index in [1.807, 2.05) is 36.4 Å².